The van der Waals surface area contributed by atoms with Gasteiger partial charge < -0.3 is 49.5 Å². The van der Waals surface area contributed by atoms with E-state index in [9.17, 15) is 19.5 Å². The number of carbonyl (C=O) groups is 3. The summed E-state index contributed by atoms with van der Waals surface area (Å²) in [6.07, 6.45) is -0.273. The van der Waals surface area contributed by atoms with E-state index in [4.69, 9.17) is 18.9 Å². The quantitative estimate of drug-likeness (QED) is 0.0485. The third kappa shape index (κ3) is 14.1. The van der Waals surface area contributed by atoms with Gasteiger partial charge in [0.15, 0.2) is 0 Å². The van der Waals surface area contributed by atoms with Crippen LogP contribution in [0.2, 0.25) is 0 Å². The van der Waals surface area contributed by atoms with Crippen molar-refractivity contribution in [2.45, 2.75) is 103 Å². The number of aryl methyl sites for hydroxylation is 1. The molecule has 0 aliphatic carbocycles. The molecule has 0 saturated carbocycles. The van der Waals surface area contributed by atoms with Crippen LogP contribution in [0.15, 0.2) is 66.2 Å². The van der Waals surface area contributed by atoms with E-state index < -0.39 is 70.7 Å². The number of nitrogens with zero attached hydrogens (tertiary/aromatic N) is 4. The first-order chi connectivity index (χ1) is 35.1. The summed E-state index contributed by atoms with van der Waals surface area (Å²) in [6.45, 7) is 13.0. The van der Waals surface area contributed by atoms with Gasteiger partial charge in [-0.05, 0) is 76.4 Å². The number of aromatic amines is 1. The summed E-state index contributed by atoms with van der Waals surface area (Å²) in [5.41, 5.74) is 4.59. The summed E-state index contributed by atoms with van der Waals surface area (Å²) in [5.74, 6) is -3.02. The van der Waals surface area contributed by atoms with Gasteiger partial charge in [-0.25, -0.2) is 18.2 Å². The lowest BCUT2D eigenvalue weighted by Crippen LogP contribution is -2.58. The Bertz CT molecular complexity index is 2680. The molecule has 6 atom stereocenters. The molecule has 2 aromatic heterocycles. The Morgan fingerprint density at radius 3 is 2.20 bits per heavy atom. The monoisotopic (exact) mass is 1050 g/mol. The van der Waals surface area contributed by atoms with E-state index in [0.29, 0.717) is 18.7 Å². The van der Waals surface area contributed by atoms with Crippen molar-refractivity contribution >= 4 is 40.0 Å². The van der Waals surface area contributed by atoms with Crippen LogP contribution in [0.3, 0.4) is 0 Å². The zero-order valence-corrected chi connectivity index (χ0v) is 44.8. The normalized spacial score (nSPS) is 19.2. The predicted octanol–water partition coefficient (Wildman–Crippen LogP) is 7.30. The van der Waals surface area contributed by atoms with Gasteiger partial charge in [-0.15, -0.1) is 11.3 Å². The molecule has 7 rings (SSSR count). The van der Waals surface area contributed by atoms with Crippen molar-refractivity contribution in [2.24, 2.45) is 5.41 Å². The Labute approximate surface area is 436 Å². The number of alkyl halides is 1. The number of β-amino-alcohol motifs (C(OH)–C–C–N with tert-alkyl or cyclic N) is 1. The molecular formula is C55H72F3N7O8S. The van der Waals surface area contributed by atoms with E-state index in [0.717, 1.165) is 50.3 Å². The topological polar surface area (TPSA) is 171 Å². The number of aliphatic hydroxyl groups is 1. The van der Waals surface area contributed by atoms with E-state index >= 15 is 13.2 Å². The second kappa shape index (κ2) is 24.5. The maximum Gasteiger partial charge on any atom is 0.246 e. The van der Waals surface area contributed by atoms with Crippen LogP contribution < -0.4 is 15.4 Å². The highest BCUT2D eigenvalue weighted by Crippen LogP contribution is 2.44. The lowest BCUT2D eigenvalue weighted by molar-refractivity contribution is -0.144. The average Bonchev–Trinajstić information content (AvgIpc) is 4.05. The molecule has 2 aliphatic rings. The molecule has 2 unspecified atom stereocenters. The summed E-state index contributed by atoms with van der Waals surface area (Å²) in [7, 11) is 3.82. The lowest BCUT2D eigenvalue weighted by Gasteiger charge is -2.43. The molecule has 0 spiro atoms. The zero-order chi connectivity index (χ0) is 53.5. The van der Waals surface area contributed by atoms with Gasteiger partial charge in [0.25, 0.3) is 0 Å². The van der Waals surface area contributed by atoms with Crippen molar-refractivity contribution in [2.75, 3.05) is 80.0 Å². The van der Waals surface area contributed by atoms with E-state index in [-0.39, 0.29) is 83.1 Å². The number of benzene rings is 3. The van der Waals surface area contributed by atoms with Crippen molar-refractivity contribution in [3.05, 3.63) is 106 Å². The van der Waals surface area contributed by atoms with Crippen molar-refractivity contribution in [3.8, 4) is 16.2 Å². The molecule has 1 fully saturated rings. The molecule has 402 valence electrons. The fourth-order valence-electron chi connectivity index (χ4n) is 9.86. The van der Waals surface area contributed by atoms with Crippen LogP contribution >= 0.6 is 11.3 Å². The number of carbonyl (C=O) groups excluding carboxylic acids is 3. The highest BCUT2D eigenvalue weighted by molar-refractivity contribution is 7.13. The molecule has 1 saturated heterocycles. The third-order valence-corrected chi connectivity index (χ3v) is 14.3. The number of para-hydroxylation sites is 1. The highest BCUT2D eigenvalue weighted by Gasteiger charge is 2.45. The molecule has 15 nitrogen and oxygen atoms in total. The first-order valence-electron chi connectivity index (χ1n) is 25.2. The van der Waals surface area contributed by atoms with Gasteiger partial charge >= 0.3 is 0 Å². The molecule has 3 amide bonds. The van der Waals surface area contributed by atoms with E-state index in [1.807, 2.05) is 113 Å². The number of halogens is 3. The molecule has 4 N–H and O–H groups in total. The van der Waals surface area contributed by atoms with Gasteiger partial charge in [-0.3, -0.25) is 19.3 Å². The van der Waals surface area contributed by atoms with Gasteiger partial charge in [0.1, 0.15) is 48.4 Å². The number of fused-ring (bicyclic) bond motifs is 3. The number of likely N-dealkylation sites (N-methyl/N-ethyl adjacent to an activating group) is 1. The number of nitrogens with one attached hydrogen (secondary N) is 3. The SMILES string of the molecule is Cc1ncsc1-c1ccc(C(CN(C)C)NC(=O)[C@@H]2C[C@@H](O)CN2C(=O)C(NC(=O)COCCOCCOCCOc2cc(F)c([C@@H]3c4[nH]c5ccccc5c4C[C@@H](C)N3CC(C)(C)F)c(F)c2)C(C)(C)C)cc1. The molecule has 2 aliphatic heterocycles. The molecule has 3 aromatic carbocycles. The Hall–Kier alpha value is -5.41. The number of hydrogen-bond donors (Lipinski definition) is 4. The van der Waals surface area contributed by atoms with Crippen LogP contribution in [0.1, 0.15) is 88.1 Å². The second-order valence-corrected chi connectivity index (χ2v) is 22.2. The molecule has 0 radical (unpaired) electrons. The minimum absolute atomic E-state index is 0.00605. The fourth-order valence-corrected chi connectivity index (χ4v) is 10.7. The number of ether oxygens (including phenoxy) is 4. The van der Waals surface area contributed by atoms with Crippen LogP contribution in [0.5, 0.6) is 5.75 Å². The Morgan fingerprint density at radius 1 is 0.932 bits per heavy atom. The number of likely N-dealkylation sites (tertiary alicyclic amines) is 1. The van der Waals surface area contributed by atoms with Gasteiger partial charge in [0, 0.05) is 66.4 Å². The smallest absolute Gasteiger partial charge is 0.246 e. The Balaban J connectivity index is 0.832. The Morgan fingerprint density at radius 2 is 1.58 bits per heavy atom. The fraction of sp³-hybridized carbons (Fsp3) is 0.527. The minimum atomic E-state index is -1.61. The number of amides is 3. The zero-order valence-electron chi connectivity index (χ0n) is 43.9. The first kappa shape index (κ1) is 56.3. The van der Waals surface area contributed by atoms with Crippen LogP contribution in [-0.4, -0.2) is 157 Å². The Kier molecular flexibility index (Phi) is 18.7. The predicted molar refractivity (Wildman–Crippen MR) is 279 cm³/mol. The van der Waals surface area contributed by atoms with Crippen LogP contribution in [0.25, 0.3) is 21.3 Å². The number of thiazole rings is 1. The average molecular weight is 1050 g/mol. The summed E-state index contributed by atoms with van der Waals surface area (Å²) in [6, 6.07) is 14.5. The maximum absolute atomic E-state index is 16.0. The van der Waals surface area contributed by atoms with Crippen LogP contribution in [-0.2, 0) is 35.0 Å². The number of aromatic nitrogens is 2. The van der Waals surface area contributed by atoms with E-state index in [1.54, 1.807) is 11.3 Å². The van der Waals surface area contributed by atoms with Gasteiger partial charge in [-0.1, -0.05) is 63.2 Å². The van der Waals surface area contributed by atoms with Crippen LogP contribution in [0, 0.1) is 24.0 Å². The van der Waals surface area contributed by atoms with Crippen molar-refractivity contribution in [1.82, 2.24) is 35.3 Å². The van der Waals surface area contributed by atoms with Crippen LogP contribution in [0.4, 0.5) is 13.2 Å². The first-order valence-corrected chi connectivity index (χ1v) is 26.1. The standard InChI is InChI=1S/C55H72F3N7O8S/c1-33-24-40-39-12-10-11-13-43(39)60-48(40)49(65(33)31-55(6,7)58)47-41(56)26-38(27-42(47)57)73-23-22-71-19-18-70-20-21-72-30-46(67)62-51(54(3,4)5)53(69)64-28-37(66)25-45(64)52(68)61-44(29-63(8)9)35-14-16-36(17-15-35)50-34(2)59-32-74-50/h10-17,26-27,32-33,37,44-45,49,51,60,66H,18-25,28-31H2,1-9H3,(H,61,68)(H,62,67)/t33-,37-,44?,45+,49-,51?/m1/s1. The van der Waals surface area contributed by atoms with Gasteiger partial charge in [0.05, 0.1) is 67.3 Å². The summed E-state index contributed by atoms with van der Waals surface area (Å²) in [5, 5.41) is 17.7. The number of H-pyrrole nitrogens is 1. The summed E-state index contributed by atoms with van der Waals surface area (Å²) < 4.78 is 69.6. The van der Waals surface area contributed by atoms with Gasteiger partial charge in [-0.2, -0.15) is 0 Å². The number of aliphatic hydroxyl groups excluding tert-OH is 1. The maximum atomic E-state index is 16.0. The minimum Gasteiger partial charge on any atom is -0.491 e. The largest absolute Gasteiger partial charge is 0.491 e. The van der Waals surface area contributed by atoms with Gasteiger partial charge in [0.2, 0.25) is 17.7 Å². The molecular weight excluding hydrogens is 976 g/mol. The summed E-state index contributed by atoms with van der Waals surface area (Å²) in [4.78, 5) is 55.3. The molecule has 5 aromatic rings. The van der Waals surface area contributed by atoms with Crippen molar-refractivity contribution in [3.63, 3.8) is 0 Å². The van der Waals surface area contributed by atoms with E-state index in [2.05, 4.69) is 20.6 Å². The number of rotatable bonds is 23. The molecule has 74 heavy (non-hydrogen) atoms. The molecule has 4 heterocycles. The lowest BCUT2D eigenvalue weighted by atomic mass is 9.85. The number of hydrogen-bond acceptors (Lipinski definition) is 12. The summed E-state index contributed by atoms with van der Waals surface area (Å²) >= 11 is 1.56. The van der Waals surface area contributed by atoms with E-state index in [1.165, 1.54) is 18.7 Å². The second-order valence-electron chi connectivity index (χ2n) is 21.3. The highest BCUT2D eigenvalue weighted by atomic mass is 32.1. The van der Waals surface area contributed by atoms with Crippen molar-refractivity contribution in [1.29, 1.82) is 0 Å². The molecule has 19 heteroatoms. The third-order valence-electron chi connectivity index (χ3n) is 13.3. The van der Waals surface area contributed by atoms with Crippen molar-refractivity contribution < 1.29 is 51.6 Å². The molecule has 0 bridgehead atoms.